The van der Waals surface area contributed by atoms with E-state index in [4.69, 9.17) is 9.84 Å². The summed E-state index contributed by atoms with van der Waals surface area (Å²) in [7, 11) is 1.23. The number of hydrogen-bond donors (Lipinski definition) is 1. The van der Waals surface area contributed by atoms with E-state index < -0.39 is 18.5 Å². The van der Waals surface area contributed by atoms with Gasteiger partial charge in [-0.25, -0.2) is 9.59 Å². The minimum absolute atomic E-state index is 0.311. The zero-order valence-electron chi connectivity index (χ0n) is 9.10. The molecule has 0 fully saturated rings. The SMILES string of the molecule is COC(=O)C#Cc1ccccc1OCC(=O)O. The number of carbonyl (C=O) groups is 2. The second-order valence-electron chi connectivity index (χ2n) is 2.92. The first kappa shape index (κ1) is 12.6. The molecule has 1 N–H and O–H groups in total. The molecule has 0 unspecified atom stereocenters. The number of ether oxygens (including phenoxy) is 2. The fourth-order valence-corrected chi connectivity index (χ4v) is 1.00. The lowest BCUT2D eigenvalue weighted by atomic mass is 10.2. The standard InChI is InChI=1S/C12H10O5/c1-16-12(15)7-6-9-4-2-3-5-10(9)17-8-11(13)14/h2-5H,8H2,1H3,(H,13,14). The maximum absolute atomic E-state index is 10.8. The Kier molecular flexibility index (Phi) is 4.58. The largest absolute Gasteiger partial charge is 0.481 e. The number of carbonyl (C=O) groups excluding carboxylic acids is 1. The Morgan fingerprint density at radius 1 is 1.35 bits per heavy atom. The highest BCUT2D eigenvalue weighted by molar-refractivity contribution is 5.89. The van der Waals surface area contributed by atoms with Crippen molar-refractivity contribution in [1.29, 1.82) is 0 Å². The van der Waals surface area contributed by atoms with E-state index in [9.17, 15) is 9.59 Å². The molecule has 1 rings (SSSR count). The fraction of sp³-hybridized carbons (Fsp3) is 0.167. The normalized spacial score (nSPS) is 8.76. The third-order valence-electron chi connectivity index (χ3n) is 1.72. The van der Waals surface area contributed by atoms with Crippen LogP contribution in [0.3, 0.4) is 0 Å². The van der Waals surface area contributed by atoms with Gasteiger partial charge in [0.05, 0.1) is 12.7 Å². The second kappa shape index (κ2) is 6.18. The molecule has 0 radical (unpaired) electrons. The van der Waals surface area contributed by atoms with Crippen molar-refractivity contribution in [3.8, 4) is 17.6 Å². The van der Waals surface area contributed by atoms with Crippen molar-refractivity contribution in [1.82, 2.24) is 0 Å². The summed E-state index contributed by atoms with van der Waals surface area (Å²) in [5.41, 5.74) is 0.430. The lowest BCUT2D eigenvalue weighted by molar-refractivity contribution is -0.139. The molecule has 5 heteroatoms. The number of hydrogen-bond acceptors (Lipinski definition) is 4. The maximum atomic E-state index is 10.8. The fourth-order valence-electron chi connectivity index (χ4n) is 1.00. The topological polar surface area (TPSA) is 72.8 Å². The molecule has 17 heavy (non-hydrogen) atoms. The van der Waals surface area contributed by atoms with Gasteiger partial charge in [-0.1, -0.05) is 18.1 Å². The molecule has 0 saturated carbocycles. The van der Waals surface area contributed by atoms with Gasteiger partial charge in [0.25, 0.3) is 0 Å². The van der Waals surface area contributed by atoms with Crippen molar-refractivity contribution in [2.24, 2.45) is 0 Å². The van der Waals surface area contributed by atoms with Gasteiger partial charge in [-0.3, -0.25) is 0 Å². The molecule has 1 aromatic rings. The van der Waals surface area contributed by atoms with Gasteiger partial charge in [0.15, 0.2) is 6.61 Å². The third kappa shape index (κ3) is 4.26. The Labute approximate surface area is 98.0 Å². The monoisotopic (exact) mass is 234 g/mol. The van der Waals surface area contributed by atoms with Crippen LogP contribution < -0.4 is 4.74 Å². The van der Waals surface area contributed by atoms with Gasteiger partial charge in [0.2, 0.25) is 0 Å². The molecule has 0 aliphatic carbocycles. The molecule has 88 valence electrons. The van der Waals surface area contributed by atoms with Crippen LogP contribution in [0.4, 0.5) is 0 Å². The van der Waals surface area contributed by atoms with Crippen molar-refractivity contribution in [2.75, 3.05) is 13.7 Å². The molecule has 0 amide bonds. The molecule has 0 spiro atoms. The Bertz CT molecular complexity index is 481. The van der Waals surface area contributed by atoms with Crippen LogP contribution in [0.2, 0.25) is 0 Å². The van der Waals surface area contributed by atoms with E-state index >= 15 is 0 Å². The Morgan fingerprint density at radius 2 is 2.06 bits per heavy atom. The van der Waals surface area contributed by atoms with E-state index in [-0.39, 0.29) is 0 Å². The molecule has 1 aromatic carbocycles. The van der Waals surface area contributed by atoms with Gasteiger partial charge in [0.1, 0.15) is 5.75 Å². The summed E-state index contributed by atoms with van der Waals surface area (Å²) in [6.07, 6.45) is 0. The Morgan fingerprint density at radius 3 is 2.71 bits per heavy atom. The van der Waals surface area contributed by atoms with Crippen LogP contribution in [0.1, 0.15) is 5.56 Å². The summed E-state index contributed by atoms with van der Waals surface area (Å²) < 4.78 is 9.37. The average molecular weight is 234 g/mol. The number of methoxy groups -OCH3 is 1. The highest BCUT2D eigenvalue weighted by Gasteiger charge is 2.03. The van der Waals surface area contributed by atoms with E-state index in [2.05, 4.69) is 16.6 Å². The molecule has 0 heterocycles. The number of esters is 1. The first-order chi connectivity index (χ1) is 8.13. The van der Waals surface area contributed by atoms with Crippen molar-refractivity contribution < 1.29 is 24.2 Å². The molecule has 0 aromatic heterocycles. The summed E-state index contributed by atoms with van der Waals surface area (Å²) in [5.74, 6) is 3.34. The van der Waals surface area contributed by atoms with Gasteiger partial charge >= 0.3 is 11.9 Å². The van der Waals surface area contributed by atoms with E-state index in [0.717, 1.165) is 0 Å². The summed E-state index contributed by atoms with van der Waals surface area (Å²) in [5, 5.41) is 8.49. The molecule has 0 saturated heterocycles. The third-order valence-corrected chi connectivity index (χ3v) is 1.72. The molecule has 0 aliphatic rings. The molecule has 5 nitrogen and oxygen atoms in total. The van der Waals surface area contributed by atoms with Crippen LogP contribution in [0.15, 0.2) is 24.3 Å². The van der Waals surface area contributed by atoms with Crippen molar-refractivity contribution in [3.63, 3.8) is 0 Å². The highest BCUT2D eigenvalue weighted by Crippen LogP contribution is 2.16. The zero-order valence-corrected chi connectivity index (χ0v) is 9.10. The van der Waals surface area contributed by atoms with Crippen LogP contribution in [0, 0.1) is 11.8 Å². The van der Waals surface area contributed by atoms with Crippen molar-refractivity contribution >= 4 is 11.9 Å². The van der Waals surface area contributed by atoms with Gasteiger partial charge < -0.3 is 14.6 Å². The Hall–Kier alpha value is -2.48. The minimum atomic E-state index is -1.08. The quantitative estimate of drug-likeness (QED) is 0.614. The first-order valence-corrected chi connectivity index (χ1v) is 4.67. The first-order valence-electron chi connectivity index (χ1n) is 4.67. The highest BCUT2D eigenvalue weighted by atomic mass is 16.5. The van der Waals surface area contributed by atoms with Gasteiger partial charge in [-0.15, -0.1) is 0 Å². The molecular weight excluding hydrogens is 224 g/mol. The zero-order chi connectivity index (χ0) is 12.7. The minimum Gasteiger partial charge on any atom is -0.481 e. The maximum Gasteiger partial charge on any atom is 0.384 e. The van der Waals surface area contributed by atoms with Crippen LogP contribution in [-0.2, 0) is 14.3 Å². The summed E-state index contributed by atoms with van der Waals surface area (Å²) in [4.78, 5) is 21.2. The number of rotatable bonds is 3. The van der Waals surface area contributed by atoms with E-state index in [0.29, 0.717) is 11.3 Å². The summed E-state index contributed by atoms with van der Waals surface area (Å²) in [6.45, 7) is -0.461. The average Bonchev–Trinajstić information content (AvgIpc) is 2.34. The number of carboxylic acid groups (broad SMARTS) is 1. The summed E-state index contributed by atoms with van der Waals surface area (Å²) in [6, 6.07) is 6.58. The second-order valence-corrected chi connectivity index (χ2v) is 2.92. The number of benzene rings is 1. The van der Waals surface area contributed by atoms with Crippen LogP contribution in [0.25, 0.3) is 0 Å². The predicted molar refractivity (Wildman–Crippen MR) is 58.5 cm³/mol. The molecule has 0 bridgehead atoms. The lowest BCUT2D eigenvalue weighted by Gasteiger charge is -2.04. The number of para-hydroxylation sites is 1. The van der Waals surface area contributed by atoms with Crippen LogP contribution >= 0.6 is 0 Å². The van der Waals surface area contributed by atoms with E-state index in [1.807, 2.05) is 0 Å². The van der Waals surface area contributed by atoms with Crippen molar-refractivity contribution in [2.45, 2.75) is 0 Å². The molecular formula is C12H10O5. The number of carboxylic acids is 1. The van der Waals surface area contributed by atoms with E-state index in [1.54, 1.807) is 24.3 Å². The molecule has 0 aliphatic heterocycles. The van der Waals surface area contributed by atoms with Gasteiger partial charge in [-0.2, -0.15) is 0 Å². The van der Waals surface area contributed by atoms with Gasteiger partial charge in [0, 0.05) is 5.92 Å². The van der Waals surface area contributed by atoms with Crippen molar-refractivity contribution in [3.05, 3.63) is 29.8 Å². The lowest BCUT2D eigenvalue weighted by Crippen LogP contribution is -2.10. The van der Waals surface area contributed by atoms with Crippen LogP contribution in [-0.4, -0.2) is 30.8 Å². The van der Waals surface area contributed by atoms with E-state index in [1.165, 1.54) is 7.11 Å². The number of aliphatic carboxylic acids is 1. The predicted octanol–water partition coefficient (Wildman–Crippen LogP) is 0.674. The summed E-state index contributed by atoms with van der Waals surface area (Å²) >= 11 is 0. The van der Waals surface area contributed by atoms with Gasteiger partial charge in [-0.05, 0) is 12.1 Å². The molecule has 0 atom stereocenters. The van der Waals surface area contributed by atoms with Crippen LogP contribution in [0.5, 0.6) is 5.75 Å². The smallest absolute Gasteiger partial charge is 0.384 e. The Balaban J connectivity index is 2.86.